The molecular formula is C25H26FN3O3S. The second-order valence-electron chi connectivity index (χ2n) is 8.20. The van der Waals surface area contributed by atoms with Crippen molar-refractivity contribution in [3.63, 3.8) is 0 Å². The Labute approximate surface area is 193 Å². The fourth-order valence-electron chi connectivity index (χ4n) is 3.58. The van der Waals surface area contributed by atoms with E-state index in [2.05, 4.69) is 9.82 Å². The van der Waals surface area contributed by atoms with Gasteiger partial charge in [-0.2, -0.15) is 5.10 Å². The quantitative estimate of drug-likeness (QED) is 0.396. The number of hydrogen-bond donors (Lipinski definition) is 1. The van der Waals surface area contributed by atoms with E-state index in [9.17, 15) is 12.8 Å². The van der Waals surface area contributed by atoms with Crippen molar-refractivity contribution in [2.45, 2.75) is 38.2 Å². The molecule has 0 saturated heterocycles. The predicted octanol–water partition coefficient (Wildman–Crippen LogP) is 5.00. The molecule has 2 atom stereocenters. The molecule has 172 valence electrons. The number of nitrogens with one attached hydrogen (secondary N) is 1. The Morgan fingerprint density at radius 2 is 1.67 bits per heavy atom. The number of rotatable bonds is 8. The summed E-state index contributed by atoms with van der Waals surface area (Å²) in [5, 5.41) is 4.72. The van der Waals surface area contributed by atoms with E-state index in [1.54, 1.807) is 43.8 Å². The minimum absolute atomic E-state index is 0.305. The van der Waals surface area contributed by atoms with E-state index in [0.717, 1.165) is 22.2 Å². The van der Waals surface area contributed by atoms with E-state index in [-0.39, 0.29) is 5.82 Å². The lowest BCUT2D eigenvalue weighted by Crippen LogP contribution is -2.42. The number of fused-ring (bicyclic) bond motifs is 1. The molecule has 0 aliphatic heterocycles. The minimum atomic E-state index is -3.48. The van der Waals surface area contributed by atoms with Gasteiger partial charge in [0.25, 0.3) is 0 Å². The maximum atomic E-state index is 13.3. The topological polar surface area (TPSA) is 73.2 Å². The lowest BCUT2D eigenvalue weighted by Gasteiger charge is -2.27. The van der Waals surface area contributed by atoms with Crippen molar-refractivity contribution in [3.05, 3.63) is 90.4 Å². The third kappa shape index (κ3) is 5.07. The third-order valence-corrected chi connectivity index (χ3v) is 7.37. The van der Waals surface area contributed by atoms with Gasteiger partial charge in [0.15, 0.2) is 0 Å². The molecule has 0 bridgehead atoms. The summed E-state index contributed by atoms with van der Waals surface area (Å²) in [4.78, 5) is 0. The highest BCUT2D eigenvalue weighted by Gasteiger charge is 2.27. The second kappa shape index (κ2) is 9.33. The van der Waals surface area contributed by atoms with Gasteiger partial charge in [-0.1, -0.05) is 30.3 Å². The van der Waals surface area contributed by atoms with Gasteiger partial charge in [-0.05, 0) is 68.8 Å². The van der Waals surface area contributed by atoms with Gasteiger partial charge in [0, 0.05) is 5.39 Å². The van der Waals surface area contributed by atoms with Gasteiger partial charge in [0.2, 0.25) is 10.0 Å². The smallest absolute Gasteiger partial charge is 0.214 e. The van der Waals surface area contributed by atoms with Crippen molar-refractivity contribution < 1.29 is 17.5 Å². The van der Waals surface area contributed by atoms with E-state index in [1.807, 2.05) is 48.5 Å². The number of benzene rings is 3. The van der Waals surface area contributed by atoms with Crippen molar-refractivity contribution >= 4 is 20.9 Å². The summed E-state index contributed by atoms with van der Waals surface area (Å²) in [5.41, 5.74) is 2.45. The number of aromatic nitrogens is 2. The van der Waals surface area contributed by atoms with Crippen LogP contribution in [0.5, 0.6) is 5.75 Å². The molecule has 4 rings (SSSR count). The first kappa shape index (κ1) is 22.9. The Kier molecular flexibility index (Phi) is 6.49. The van der Waals surface area contributed by atoms with Gasteiger partial charge >= 0.3 is 0 Å². The first-order valence-electron chi connectivity index (χ1n) is 10.7. The summed E-state index contributed by atoms with van der Waals surface area (Å²) in [5.74, 6) is 0.283. The minimum Gasteiger partial charge on any atom is -0.484 e. The van der Waals surface area contributed by atoms with Gasteiger partial charge in [0.05, 0.1) is 28.7 Å². The van der Waals surface area contributed by atoms with E-state index in [4.69, 9.17) is 4.74 Å². The maximum Gasteiger partial charge on any atom is 0.214 e. The van der Waals surface area contributed by atoms with E-state index in [0.29, 0.717) is 5.75 Å². The zero-order valence-electron chi connectivity index (χ0n) is 18.6. The zero-order valence-corrected chi connectivity index (χ0v) is 19.5. The first-order valence-corrected chi connectivity index (χ1v) is 12.3. The molecule has 8 heteroatoms. The van der Waals surface area contributed by atoms with Gasteiger partial charge in [0.1, 0.15) is 17.7 Å². The van der Waals surface area contributed by atoms with Crippen molar-refractivity contribution in [2.24, 2.45) is 0 Å². The van der Waals surface area contributed by atoms with Crippen LogP contribution >= 0.6 is 0 Å². The van der Waals surface area contributed by atoms with Crippen LogP contribution in [0.4, 0.5) is 4.39 Å². The van der Waals surface area contributed by atoms with Crippen LogP contribution in [0.1, 0.15) is 32.4 Å². The fraction of sp³-hybridized carbons (Fsp3) is 0.240. The normalized spacial score (nSPS) is 13.8. The lowest BCUT2D eigenvalue weighted by molar-refractivity contribution is 0.173. The predicted molar refractivity (Wildman–Crippen MR) is 127 cm³/mol. The fourth-order valence-corrected chi connectivity index (χ4v) is 4.49. The number of nitrogens with zero attached hydrogens (tertiary/aromatic N) is 2. The molecule has 1 N–H and O–H groups in total. The molecule has 6 nitrogen and oxygen atoms in total. The Hall–Kier alpha value is -3.23. The van der Waals surface area contributed by atoms with Gasteiger partial charge in [-0.25, -0.2) is 22.2 Å². The summed E-state index contributed by atoms with van der Waals surface area (Å²) in [6.45, 7) is 5.07. The molecule has 1 heterocycles. The van der Waals surface area contributed by atoms with Crippen molar-refractivity contribution in [2.75, 3.05) is 0 Å². The Morgan fingerprint density at radius 3 is 2.33 bits per heavy atom. The van der Waals surface area contributed by atoms with Crippen LogP contribution in [0.2, 0.25) is 0 Å². The second-order valence-corrected chi connectivity index (χ2v) is 10.5. The Balaban J connectivity index is 1.64. The molecule has 3 aromatic carbocycles. The molecule has 4 aromatic rings. The monoisotopic (exact) mass is 467 g/mol. The molecule has 0 unspecified atom stereocenters. The van der Waals surface area contributed by atoms with E-state index >= 15 is 0 Å². The molecule has 0 aliphatic carbocycles. The van der Waals surface area contributed by atoms with Crippen molar-refractivity contribution in [1.29, 1.82) is 0 Å². The standard InChI is InChI=1S/C25H26FN3O3S/c1-17(2)33(30,31)28-18(3)25(19-7-5-4-6-8-19)32-23-13-14-24-20(15-23)16-27-29(24)22-11-9-21(26)10-12-22/h4-18,25,28H,1-3H3/t18-,25-/m0/s1. The molecular weight excluding hydrogens is 441 g/mol. The largest absolute Gasteiger partial charge is 0.484 e. The van der Waals surface area contributed by atoms with Gasteiger partial charge in [-0.15, -0.1) is 0 Å². The molecule has 1 aromatic heterocycles. The summed E-state index contributed by atoms with van der Waals surface area (Å²) in [6, 6.07) is 20.7. The number of ether oxygens (including phenoxy) is 1. The Morgan fingerprint density at radius 1 is 0.970 bits per heavy atom. The average molecular weight is 468 g/mol. The Bertz CT molecular complexity index is 1340. The van der Waals surface area contributed by atoms with Gasteiger partial charge in [-0.3, -0.25) is 0 Å². The molecule has 0 saturated carbocycles. The average Bonchev–Trinajstić information content (AvgIpc) is 3.21. The van der Waals surface area contributed by atoms with Crippen LogP contribution in [-0.2, 0) is 10.0 Å². The highest BCUT2D eigenvalue weighted by Crippen LogP contribution is 2.29. The van der Waals surface area contributed by atoms with E-state index < -0.39 is 27.4 Å². The maximum absolute atomic E-state index is 13.3. The number of sulfonamides is 1. The zero-order chi connectivity index (χ0) is 23.6. The molecule has 0 amide bonds. The molecule has 0 aliphatic rings. The van der Waals surface area contributed by atoms with E-state index in [1.165, 1.54) is 12.1 Å². The lowest BCUT2D eigenvalue weighted by atomic mass is 10.0. The highest BCUT2D eigenvalue weighted by atomic mass is 32.2. The summed E-state index contributed by atoms with van der Waals surface area (Å²) < 4.78 is 49.0. The van der Waals surface area contributed by atoms with Gasteiger partial charge < -0.3 is 4.74 Å². The molecule has 33 heavy (non-hydrogen) atoms. The SMILES string of the molecule is CC(C)S(=O)(=O)N[C@@H](C)[C@H](Oc1ccc2c(cnn2-c2ccc(F)cc2)c1)c1ccccc1. The van der Waals surface area contributed by atoms with Crippen LogP contribution in [0.25, 0.3) is 16.6 Å². The summed E-state index contributed by atoms with van der Waals surface area (Å²) in [7, 11) is -3.48. The third-order valence-electron chi connectivity index (χ3n) is 5.43. The molecule has 0 radical (unpaired) electrons. The molecule has 0 fully saturated rings. The van der Waals surface area contributed by atoms with Crippen molar-refractivity contribution in [1.82, 2.24) is 14.5 Å². The van der Waals surface area contributed by atoms with Crippen LogP contribution < -0.4 is 9.46 Å². The molecule has 0 spiro atoms. The number of halogens is 1. The first-order chi connectivity index (χ1) is 15.7. The number of hydrogen-bond acceptors (Lipinski definition) is 4. The van der Waals surface area contributed by atoms with Crippen LogP contribution in [0, 0.1) is 5.82 Å². The summed E-state index contributed by atoms with van der Waals surface area (Å²) >= 11 is 0. The van der Waals surface area contributed by atoms with Crippen molar-refractivity contribution in [3.8, 4) is 11.4 Å². The highest BCUT2D eigenvalue weighted by molar-refractivity contribution is 7.90. The van der Waals surface area contributed by atoms with Crippen LogP contribution in [0.15, 0.2) is 79.0 Å². The van der Waals surface area contributed by atoms with Crippen LogP contribution in [0.3, 0.4) is 0 Å². The summed E-state index contributed by atoms with van der Waals surface area (Å²) in [6.07, 6.45) is 1.18. The van der Waals surface area contributed by atoms with Crippen LogP contribution in [-0.4, -0.2) is 29.5 Å².